The van der Waals surface area contributed by atoms with Crippen molar-refractivity contribution in [1.82, 2.24) is 4.57 Å². The summed E-state index contributed by atoms with van der Waals surface area (Å²) in [5, 5.41) is 9.43. The van der Waals surface area contributed by atoms with Gasteiger partial charge in [-0.3, -0.25) is 4.79 Å². The molecule has 0 fully saturated rings. The van der Waals surface area contributed by atoms with Gasteiger partial charge in [0.15, 0.2) is 0 Å². The number of amides is 1. The zero-order valence-corrected chi connectivity index (χ0v) is 15.5. The molecule has 0 bridgehead atoms. The average Bonchev–Trinajstić information content (AvgIpc) is 2.93. The summed E-state index contributed by atoms with van der Waals surface area (Å²) in [7, 11) is 0. The minimum atomic E-state index is -0.509. The fourth-order valence-corrected chi connectivity index (χ4v) is 3.63. The molecule has 0 aliphatic heterocycles. The number of benzene rings is 2. The second-order valence-corrected chi connectivity index (χ2v) is 6.58. The van der Waals surface area contributed by atoms with Crippen molar-refractivity contribution in [2.75, 3.05) is 0 Å². The van der Waals surface area contributed by atoms with Crippen LogP contribution in [0.3, 0.4) is 0 Å². The van der Waals surface area contributed by atoms with E-state index in [-0.39, 0.29) is 11.6 Å². The predicted octanol–water partition coefficient (Wildman–Crippen LogP) is 4.21. The number of hydrogen-bond donors (Lipinski definition) is 2. The summed E-state index contributed by atoms with van der Waals surface area (Å²) in [6.45, 7) is 4.55. The lowest BCUT2D eigenvalue weighted by atomic mass is 9.98. The standard InChI is InChI=1S/C22H23FN2O2/c1-3-19-21(16-5-4-6-17(23)13-16)20(22(24)27)14(2)25(19)12-11-15-7-9-18(26)10-8-15/h4-10,13,26H,3,11-12H2,1-2H3,(H2,24,27). The highest BCUT2D eigenvalue weighted by Gasteiger charge is 2.24. The van der Waals surface area contributed by atoms with E-state index in [0.29, 0.717) is 29.7 Å². The molecule has 1 heterocycles. The average molecular weight is 366 g/mol. The lowest BCUT2D eigenvalue weighted by molar-refractivity contribution is 0.1000. The van der Waals surface area contributed by atoms with Gasteiger partial charge in [-0.05, 0) is 55.2 Å². The zero-order valence-electron chi connectivity index (χ0n) is 15.5. The first kappa shape index (κ1) is 18.7. The maximum atomic E-state index is 13.8. The highest BCUT2D eigenvalue weighted by Crippen LogP contribution is 2.33. The second-order valence-electron chi connectivity index (χ2n) is 6.58. The Balaban J connectivity index is 2.07. The number of nitrogens with two attached hydrogens (primary N) is 1. The monoisotopic (exact) mass is 366 g/mol. The van der Waals surface area contributed by atoms with E-state index in [4.69, 9.17) is 5.73 Å². The molecular formula is C22H23FN2O2. The quantitative estimate of drug-likeness (QED) is 0.686. The number of aromatic nitrogens is 1. The number of phenols is 1. The van der Waals surface area contributed by atoms with E-state index in [1.807, 2.05) is 26.0 Å². The van der Waals surface area contributed by atoms with Crippen molar-refractivity contribution in [3.8, 4) is 16.9 Å². The van der Waals surface area contributed by atoms with Gasteiger partial charge in [0, 0.05) is 23.5 Å². The van der Waals surface area contributed by atoms with Gasteiger partial charge in [0.1, 0.15) is 11.6 Å². The summed E-state index contributed by atoms with van der Waals surface area (Å²) in [6.07, 6.45) is 1.43. The van der Waals surface area contributed by atoms with Gasteiger partial charge in [-0.15, -0.1) is 0 Å². The molecule has 0 saturated carbocycles. The highest BCUT2D eigenvalue weighted by molar-refractivity contribution is 6.02. The molecule has 5 heteroatoms. The number of phenolic OH excluding ortho intramolecular Hbond substituents is 1. The summed E-state index contributed by atoms with van der Waals surface area (Å²) in [4.78, 5) is 12.2. The first-order chi connectivity index (χ1) is 12.9. The number of halogens is 1. The van der Waals surface area contributed by atoms with Crippen molar-refractivity contribution in [2.24, 2.45) is 5.73 Å². The third kappa shape index (κ3) is 3.72. The van der Waals surface area contributed by atoms with Crippen LogP contribution in [0, 0.1) is 12.7 Å². The molecule has 0 radical (unpaired) electrons. The van der Waals surface area contributed by atoms with E-state index in [0.717, 1.165) is 23.4 Å². The number of rotatable bonds is 6. The second kappa shape index (κ2) is 7.66. The van der Waals surface area contributed by atoms with Gasteiger partial charge in [-0.25, -0.2) is 4.39 Å². The normalized spacial score (nSPS) is 10.9. The fraction of sp³-hybridized carbons (Fsp3) is 0.227. The molecular weight excluding hydrogens is 343 g/mol. The number of hydrogen-bond acceptors (Lipinski definition) is 2. The highest BCUT2D eigenvalue weighted by atomic mass is 19.1. The number of carbonyl (C=O) groups is 1. The van der Waals surface area contributed by atoms with E-state index < -0.39 is 5.91 Å². The van der Waals surface area contributed by atoms with E-state index in [9.17, 15) is 14.3 Å². The molecule has 4 nitrogen and oxygen atoms in total. The molecule has 3 N–H and O–H groups in total. The van der Waals surface area contributed by atoms with Crippen molar-refractivity contribution in [1.29, 1.82) is 0 Å². The molecule has 1 amide bonds. The van der Waals surface area contributed by atoms with Crippen LogP contribution in [0.4, 0.5) is 4.39 Å². The van der Waals surface area contributed by atoms with Gasteiger partial charge in [-0.1, -0.05) is 31.2 Å². The Labute approximate surface area is 158 Å². The van der Waals surface area contributed by atoms with Crippen molar-refractivity contribution < 1.29 is 14.3 Å². The molecule has 0 atom stereocenters. The van der Waals surface area contributed by atoms with Gasteiger partial charge in [0.25, 0.3) is 5.91 Å². The van der Waals surface area contributed by atoms with Gasteiger partial charge >= 0.3 is 0 Å². The largest absolute Gasteiger partial charge is 0.508 e. The van der Waals surface area contributed by atoms with Crippen molar-refractivity contribution >= 4 is 5.91 Å². The SMILES string of the molecule is CCc1c(-c2cccc(F)c2)c(C(N)=O)c(C)n1CCc1ccc(O)cc1. The van der Waals surface area contributed by atoms with Crippen LogP contribution in [0.5, 0.6) is 5.75 Å². The third-order valence-corrected chi connectivity index (χ3v) is 4.89. The van der Waals surface area contributed by atoms with Crippen LogP contribution >= 0.6 is 0 Å². The Morgan fingerprint density at radius 1 is 1.19 bits per heavy atom. The van der Waals surface area contributed by atoms with E-state index >= 15 is 0 Å². The van der Waals surface area contributed by atoms with Gasteiger partial charge in [0.2, 0.25) is 0 Å². The molecule has 0 unspecified atom stereocenters. The van der Waals surface area contributed by atoms with Crippen LogP contribution in [0.15, 0.2) is 48.5 Å². The lowest BCUT2D eigenvalue weighted by Gasteiger charge is -2.12. The van der Waals surface area contributed by atoms with Crippen LogP contribution in [-0.4, -0.2) is 15.6 Å². The van der Waals surface area contributed by atoms with Crippen LogP contribution in [-0.2, 0) is 19.4 Å². The number of carbonyl (C=O) groups excluding carboxylic acids is 1. The van der Waals surface area contributed by atoms with Crippen molar-refractivity contribution in [2.45, 2.75) is 33.2 Å². The molecule has 1 aromatic heterocycles. The summed E-state index contributed by atoms with van der Waals surface area (Å²) >= 11 is 0. The lowest BCUT2D eigenvalue weighted by Crippen LogP contribution is -2.14. The molecule has 140 valence electrons. The summed E-state index contributed by atoms with van der Waals surface area (Å²) in [5.41, 5.74) is 10.3. The molecule has 0 aliphatic rings. The Morgan fingerprint density at radius 2 is 1.89 bits per heavy atom. The molecule has 0 spiro atoms. The van der Waals surface area contributed by atoms with Crippen LogP contribution < -0.4 is 5.73 Å². The third-order valence-electron chi connectivity index (χ3n) is 4.89. The Morgan fingerprint density at radius 3 is 2.48 bits per heavy atom. The molecule has 2 aromatic carbocycles. The maximum Gasteiger partial charge on any atom is 0.251 e. The summed E-state index contributed by atoms with van der Waals surface area (Å²) in [6, 6.07) is 13.3. The number of aromatic hydroxyl groups is 1. The minimum Gasteiger partial charge on any atom is -0.508 e. The number of primary amides is 1. The summed E-state index contributed by atoms with van der Waals surface area (Å²) in [5.74, 6) is -0.626. The Bertz CT molecular complexity index is 975. The van der Waals surface area contributed by atoms with Crippen LogP contribution in [0.2, 0.25) is 0 Å². The van der Waals surface area contributed by atoms with E-state index in [2.05, 4.69) is 4.57 Å². The predicted molar refractivity (Wildman–Crippen MR) is 104 cm³/mol. The number of aryl methyl sites for hydroxylation is 1. The van der Waals surface area contributed by atoms with Crippen LogP contribution in [0.25, 0.3) is 11.1 Å². The number of nitrogens with zero attached hydrogens (tertiary/aromatic N) is 1. The zero-order chi connectivity index (χ0) is 19.6. The molecule has 0 saturated heterocycles. The van der Waals surface area contributed by atoms with Crippen molar-refractivity contribution in [3.05, 3.63) is 76.9 Å². The van der Waals surface area contributed by atoms with Gasteiger partial charge < -0.3 is 15.4 Å². The Kier molecular flexibility index (Phi) is 5.31. The molecule has 3 aromatic rings. The fourth-order valence-electron chi connectivity index (χ4n) is 3.63. The minimum absolute atomic E-state index is 0.231. The molecule has 0 aliphatic carbocycles. The topological polar surface area (TPSA) is 68.2 Å². The first-order valence-corrected chi connectivity index (χ1v) is 8.98. The van der Waals surface area contributed by atoms with Crippen LogP contribution in [0.1, 0.15) is 34.2 Å². The van der Waals surface area contributed by atoms with E-state index in [1.165, 1.54) is 12.1 Å². The van der Waals surface area contributed by atoms with Gasteiger partial charge in [0.05, 0.1) is 5.56 Å². The smallest absolute Gasteiger partial charge is 0.251 e. The molecule has 27 heavy (non-hydrogen) atoms. The summed E-state index contributed by atoms with van der Waals surface area (Å²) < 4.78 is 15.9. The first-order valence-electron chi connectivity index (χ1n) is 8.98. The van der Waals surface area contributed by atoms with Crippen molar-refractivity contribution in [3.63, 3.8) is 0 Å². The maximum absolute atomic E-state index is 13.8. The van der Waals surface area contributed by atoms with E-state index in [1.54, 1.807) is 24.3 Å². The Hall–Kier alpha value is -3.08. The molecule has 3 rings (SSSR count). The van der Waals surface area contributed by atoms with Gasteiger partial charge in [-0.2, -0.15) is 0 Å².